The number of urea groups is 1. The molecule has 30 heavy (non-hydrogen) atoms. The van der Waals surface area contributed by atoms with Crippen molar-refractivity contribution < 1.29 is 14.4 Å². The Hall–Kier alpha value is -2.20. The van der Waals surface area contributed by atoms with E-state index in [1.807, 2.05) is 6.08 Å². The number of amides is 4. The van der Waals surface area contributed by atoms with Crippen LogP contribution in [0.15, 0.2) is 46.8 Å². The van der Waals surface area contributed by atoms with Gasteiger partial charge in [-0.25, -0.2) is 14.7 Å². The number of benzene rings is 1. The second kappa shape index (κ2) is 8.89. The minimum atomic E-state index is -0.458. The largest absolute Gasteiger partial charge is 0.329 e. The number of halogens is 2. The number of anilines is 2. The molecule has 0 spiro atoms. The Balaban J connectivity index is 1.41. The summed E-state index contributed by atoms with van der Waals surface area (Å²) in [6.45, 7) is 0. The molecule has 3 heterocycles. The van der Waals surface area contributed by atoms with Gasteiger partial charge in [0, 0.05) is 10.6 Å². The topological polar surface area (TPSA) is 91.4 Å². The quantitative estimate of drug-likeness (QED) is 0.371. The summed E-state index contributed by atoms with van der Waals surface area (Å²) in [5.41, 5.74) is 1.43. The highest BCUT2D eigenvalue weighted by Gasteiger charge is 2.33. The molecule has 1 aromatic heterocycles. The van der Waals surface area contributed by atoms with Gasteiger partial charge in [0.25, 0.3) is 5.91 Å². The highest BCUT2D eigenvalue weighted by molar-refractivity contribution is 8.22. The van der Waals surface area contributed by atoms with Crippen molar-refractivity contribution in [1.82, 2.24) is 9.71 Å². The zero-order valence-electron chi connectivity index (χ0n) is 15.2. The van der Waals surface area contributed by atoms with Gasteiger partial charge in [-0.05, 0) is 54.3 Å². The van der Waals surface area contributed by atoms with Gasteiger partial charge in [-0.3, -0.25) is 14.3 Å². The summed E-state index contributed by atoms with van der Waals surface area (Å²) in [4.78, 5) is 42.5. The summed E-state index contributed by atoms with van der Waals surface area (Å²) >= 11 is 14.6. The molecule has 2 aliphatic heterocycles. The first-order valence-corrected chi connectivity index (χ1v) is 11.3. The predicted octanol–water partition coefficient (Wildman–Crippen LogP) is 4.78. The number of aromatic nitrogens is 1. The first-order valence-electron chi connectivity index (χ1n) is 8.77. The number of allylic oxidation sites excluding steroid dienone is 1. The Morgan fingerprint density at radius 3 is 2.80 bits per heavy atom. The maximum Gasteiger partial charge on any atom is 0.329 e. The molecule has 4 rings (SSSR count). The molecule has 0 saturated heterocycles. The average molecular weight is 481 g/mol. The number of nitrogens with one attached hydrogen (secondary N) is 2. The second-order valence-corrected chi connectivity index (χ2v) is 9.94. The third-order valence-electron chi connectivity index (χ3n) is 4.28. The van der Waals surface area contributed by atoms with E-state index in [2.05, 4.69) is 15.0 Å². The van der Waals surface area contributed by atoms with Crippen molar-refractivity contribution in [2.45, 2.75) is 17.6 Å². The summed E-state index contributed by atoms with van der Waals surface area (Å²) in [6, 6.07) is 7.48. The van der Waals surface area contributed by atoms with Gasteiger partial charge in [-0.2, -0.15) is 0 Å². The third-order valence-corrected chi connectivity index (χ3v) is 7.01. The van der Waals surface area contributed by atoms with E-state index in [1.54, 1.807) is 24.3 Å². The number of imide groups is 1. The van der Waals surface area contributed by atoms with Gasteiger partial charge in [0.1, 0.15) is 5.82 Å². The van der Waals surface area contributed by atoms with Crippen molar-refractivity contribution in [3.05, 3.63) is 63.0 Å². The van der Waals surface area contributed by atoms with E-state index in [0.29, 0.717) is 21.8 Å². The Labute approximate surface area is 190 Å². The number of carbonyl (C=O) groups is 3. The molecule has 2 N–H and O–H groups in total. The molecule has 0 aliphatic carbocycles. The maximum atomic E-state index is 12.8. The summed E-state index contributed by atoms with van der Waals surface area (Å²) in [7, 11) is 0. The van der Waals surface area contributed by atoms with Crippen LogP contribution in [-0.4, -0.2) is 27.5 Å². The lowest BCUT2D eigenvalue weighted by atomic mass is 9.98. The van der Waals surface area contributed by atoms with Crippen molar-refractivity contribution in [2.75, 3.05) is 10.2 Å². The highest BCUT2D eigenvalue weighted by atomic mass is 35.5. The molecular formula is C19H14Cl2N4O3S2. The van der Waals surface area contributed by atoms with E-state index in [0.717, 1.165) is 15.6 Å². The van der Waals surface area contributed by atoms with Gasteiger partial charge in [0.15, 0.2) is 0 Å². The van der Waals surface area contributed by atoms with Gasteiger partial charge >= 0.3 is 6.03 Å². The lowest BCUT2D eigenvalue weighted by molar-refractivity contribution is -0.117. The van der Waals surface area contributed by atoms with Crippen LogP contribution in [0.4, 0.5) is 16.3 Å². The average Bonchev–Trinajstić information content (AvgIpc) is 3.12. The van der Waals surface area contributed by atoms with Crippen LogP contribution in [-0.2, 0) is 11.2 Å². The molecule has 0 bridgehead atoms. The number of hydrogen-bond acceptors (Lipinski definition) is 6. The molecule has 0 radical (unpaired) electrons. The van der Waals surface area contributed by atoms with E-state index in [4.69, 9.17) is 23.2 Å². The Morgan fingerprint density at radius 2 is 2.10 bits per heavy atom. The summed E-state index contributed by atoms with van der Waals surface area (Å²) in [6.07, 6.45) is 4.16. The van der Waals surface area contributed by atoms with Crippen LogP contribution >= 0.6 is 46.9 Å². The van der Waals surface area contributed by atoms with E-state index < -0.39 is 17.8 Å². The van der Waals surface area contributed by atoms with Crippen molar-refractivity contribution in [2.24, 2.45) is 0 Å². The standard InChI is InChI=1S/C19H14Cl2N4O3S2/c20-11-1-3-13-10(7-11)8-16(26)25(18(13)27)15-5-2-12(9-22-15)23-19(28)24-30-17-6-4-14(21)29-17/h1-3,5-7,9,14H,4,8H2,(H2,23,24,28). The molecule has 154 valence electrons. The number of rotatable bonds is 4. The van der Waals surface area contributed by atoms with E-state index >= 15 is 0 Å². The first kappa shape index (κ1) is 21.0. The Kier molecular flexibility index (Phi) is 6.24. The number of pyridine rings is 1. The smallest absolute Gasteiger partial charge is 0.306 e. The van der Waals surface area contributed by atoms with E-state index in [1.165, 1.54) is 36.0 Å². The molecule has 1 atom stereocenters. The van der Waals surface area contributed by atoms with Crippen LogP contribution < -0.4 is 14.9 Å². The number of thioether (sulfide) groups is 1. The van der Waals surface area contributed by atoms with Crippen molar-refractivity contribution in [1.29, 1.82) is 0 Å². The van der Waals surface area contributed by atoms with Crippen LogP contribution in [0.5, 0.6) is 0 Å². The van der Waals surface area contributed by atoms with Crippen LogP contribution in [0.1, 0.15) is 22.3 Å². The predicted molar refractivity (Wildman–Crippen MR) is 121 cm³/mol. The second-order valence-electron chi connectivity index (χ2n) is 6.36. The first-order chi connectivity index (χ1) is 14.4. The zero-order valence-corrected chi connectivity index (χ0v) is 18.4. The third kappa shape index (κ3) is 4.59. The normalized spacial score (nSPS) is 18.1. The fourth-order valence-corrected chi connectivity index (χ4v) is 5.40. The van der Waals surface area contributed by atoms with Crippen molar-refractivity contribution >= 4 is 76.3 Å². The van der Waals surface area contributed by atoms with Crippen LogP contribution in [0.25, 0.3) is 0 Å². The highest BCUT2D eigenvalue weighted by Crippen LogP contribution is 2.40. The molecule has 2 aliphatic rings. The van der Waals surface area contributed by atoms with Gasteiger partial charge < -0.3 is 5.32 Å². The number of nitrogens with zero attached hydrogens (tertiary/aromatic N) is 2. The zero-order chi connectivity index (χ0) is 21.3. The van der Waals surface area contributed by atoms with Crippen molar-refractivity contribution in [3.63, 3.8) is 0 Å². The molecule has 7 nitrogen and oxygen atoms in total. The van der Waals surface area contributed by atoms with Gasteiger partial charge in [-0.15, -0.1) is 11.6 Å². The maximum absolute atomic E-state index is 12.8. The van der Waals surface area contributed by atoms with Gasteiger partial charge in [0.05, 0.1) is 27.3 Å². The number of alkyl halides is 1. The van der Waals surface area contributed by atoms with Crippen LogP contribution in [0.2, 0.25) is 5.02 Å². The summed E-state index contributed by atoms with van der Waals surface area (Å²) in [5.74, 6) is -0.663. The molecule has 11 heteroatoms. The SMILES string of the molecule is O=C(NSC1=CCC(Cl)S1)Nc1ccc(N2C(=O)Cc3cc(Cl)ccc3C2=O)nc1. The Bertz CT molecular complexity index is 1060. The molecule has 0 saturated carbocycles. The summed E-state index contributed by atoms with van der Waals surface area (Å²) < 4.78 is 3.59. The van der Waals surface area contributed by atoms with Crippen molar-refractivity contribution in [3.8, 4) is 0 Å². The summed E-state index contributed by atoms with van der Waals surface area (Å²) in [5, 5.41) is 3.12. The lowest BCUT2D eigenvalue weighted by Crippen LogP contribution is -2.43. The minimum Gasteiger partial charge on any atom is -0.306 e. The van der Waals surface area contributed by atoms with E-state index in [9.17, 15) is 14.4 Å². The van der Waals surface area contributed by atoms with Crippen LogP contribution in [0.3, 0.4) is 0 Å². The molecule has 4 amide bonds. The molecular weight excluding hydrogens is 467 g/mol. The molecule has 2 aromatic rings. The molecule has 1 unspecified atom stereocenters. The van der Waals surface area contributed by atoms with E-state index in [-0.39, 0.29) is 16.9 Å². The van der Waals surface area contributed by atoms with Gasteiger partial charge in [-0.1, -0.05) is 29.4 Å². The number of fused-ring (bicyclic) bond motifs is 1. The number of carbonyl (C=O) groups excluding carboxylic acids is 3. The van der Waals surface area contributed by atoms with Gasteiger partial charge in [0.2, 0.25) is 5.91 Å². The number of hydrogen-bond donors (Lipinski definition) is 2. The lowest BCUT2D eigenvalue weighted by Gasteiger charge is -2.26. The fraction of sp³-hybridized carbons (Fsp3) is 0.158. The monoisotopic (exact) mass is 480 g/mol. The molecule has 0 fully saturated rings. The van der Waals surface area contributed by atoms with Crippen LogP contribution in [0, 0.1) is 0 Å². The molecule has 1 aromatic carbocycles. The fourth-order valence-electron chi connectivity index (χ4n) is 2.95. The Morgan fingerprint density at radius 1 is 1.27 bits per heavy atom. The minimum absolute atomic E-state index is 0.00161.